The summed E-state index contributed by atoms with van der Waals surface area (Å²) in [6.07, 6.45) is 60.4. The van der Waals surface area contributed by atoms with Crippen LogP contribution in [0.15, 0.2) is 72.9 Å². The quantitative estimate of drug-likeness (QED) is 0.0197. The Morgan fingerprint density at radius 3 is 1.17 bits per heavy atom. The molecule has 416 valence electrons. The molecule has 11 nitrogen and oxygen atoms in total. The summed E-state index contributed by atoms with van der Waals surface area (Å²) in [5, 5.41) is 9.79. The van der Waals surface area contributed by atoms with Gasteiger partial charge in [0.25, 0.3) is 0 Å². The van der Waals surface area contributed by atoms with Gasteiger partial charge in [-0.1, -0.05) is 235 Å². The Morgan fingerprint density at radius 2 is 0.764 bits per heavy atom. The second-order valence-electron chi connectivity index (χ2n) is 19.1. The van der Waals surface area contributed by atoms with E-state index in [1.165, 1.54) is 128 Å². The van der Waals surface area contributed by atoms with Crippen LogP contribution in [-0.4, -0.2) is 66.5 Å². The summed E-state index contributed by atoms with van der Waals surface area (Å²) in [6, 6.07) is 0. The van der Waals surface area contributed by atoms with Crippen LogP contribution < -0.4 is 0 Å². The van der Waals surface area contributed by atoms with Crippen LogP contribution in [0.5, 0.6) is 0 Å². The lowest BCUT2D eigenvalue weighted by molar-refractivity contribution is -0.161. The molecule has 0 radical (unpaired) electrons. The summed E-state index contributed by atoms with van der Waals surface area (Å²) in [7, 11) is -4.76. The highest BCUT2D eigenvalue weighted by Crippen LogP contribution is 2.43. The Kier molecular flexibility index (Phi) is 51.9. The Morgan fingerprint density at radius 1 is 0.417 bits per heavy atom. The van der Waals surface area contributed by atoms with Gasteiger partial charge < -0.3 is 24.2 Å². The molecule has 0 aliphatic rings. The van der Waals surface area contributed by atoms with Crippen molar-refractivity contribution in [1.29, 1.82) is 0 Å². The molecule has 0 saturated heterocycles. The van der Waals surface area contributed by atoms with Crippen LogP contribution in [0.25, 0.3) is 0 Å². The van der Waals surface area contributed by atoms with Crippen molar-refractivity contribution in [2.75, 3.05) is 26.4 Å². The molecule has 12 heteroatoms. The van der Waals surface area contributed by atoms with Gasteiger partial charge in [0.1, 0.15) is 12.7 Å². The van der Waals surface area contributed by atoms with E-state index in [1.54, 1.807) is 6.08 Å². The van der Waals surface area contributed by atoms with Crippen LogP contribution in [0, 0.1) is 0 Å². The zero-order chi connectivity index (χ0) is 52.7. The van der Waals surface area contributed by atoms with Crippen molar-refractivity contribution in [3.05, 3.63) is 72.9 Å². The lowest BCUT2D eigenvalue weighted by atomic mass is 10.1. The van der Waals surface area contributed by atoms with Gasteiger partial charge in [-0.15, -0.1) is 0 Å². The number of esters is 3. The normalized spacial score (nSPS) is 13.9. The molecule has 0 fully saturated rings. The van der Waals surface area contributed by atoms with Gasteiger partial charge >= 0.3 is 25.7 Å². The summed E-state index contributed by atoms with van der Waals surface area (Å²) in [5.74, 6) is -1.61. The fourth-order valence-electron chi connectivity index (χ4n) is 7.78. The minimum Gasteiger partial charge on any atom is -0.461 e. The number of unbranched alkanes of at least 4 members (excludes halogenated alkanes) is 25. The largest absolute Gasteiger partial charge is 0.472 e. The van der Waals surface area contributed by atoms with E-state index < -0.39 is 57.8 Å². The predicted molar refractivity (Wildman–Crippen MR) is 298 cm³/mol. The Bertz CT molecular complexity index is 1490. The average molecular weight is 1030 g/mol. The van der Waals surface area contributed by atoms with Crippen LogP contribution in [0.3, 0.4) is 0 Å². The fraction of sp³-hybridized carbons (Fsp3) is 0.750. The summed E-state index contributed by atoms with van der Waals surface area (Å²) in [5.41, 5.74) is 0. The minimum absolute atomic E-state index is 0.00608. The lowest BCUT2D eigenvalue weighted by Gasteiger charge is -2.21. The molecule has 3 unspecified atom stereocenters. The third kappa shape index (κ3) is 51.8. The van der Waals surface area contributed by atoms with Crippen molar-refractivity contribution >= 4 is 25.7 Å². The van der Waals surface area contributed by atoms with Gasteiger partial charge in [0, 0.05) is 12.8 Å². The molecule has 0 saturated carbocycles. The molecule has 0 spiro atoms. The van der Waals surface area contributed by atoms with Gasteiger partial charge in [-0.05, 0) is 70.6 Å². The SMILES string of the molecule is CC/C=C\C/C=C\C/C=C\C/C=C\C/C=C\CC(=O)OCC(COP(=O)(O)OCC(CO)OC(=O)CCCCCCCCCCCCC)OC(=O)CCCCCCCCCCC/C=C\CCCCCCCC. The van der Waals surface area contributed by atoms with Crippen LogP contribution in [0.1, 0.15) is 252 Å². The molecule has 72 heavy (non-hydrogen) atoms. The molecule has 3 atom stereocenters. The summed E-state index contributed by atoms with van der Waals surface area (Å²) in [4.78, 5) is 48.4. The molecule has 0 aromatic heterocycles. The topological polar surface area (TPSA) is 155 Å². The van der Waals surface area contributed by atoms with Crippen LogP contribution >= 0.6 is 7.82 Å². The number of carbonyl (C=O) groups is 3. The molecule has 0 rings (SSSR count). The zero-order valence-electron chi connectivity index (χ0n) is 45.9. The third-order valence-corrected chi connectivity index (χ3v) is 13.1. The van der Waals surface area contributed by atoms with Gasteiger partial charge in [-0.3, -0.25) is 23.4 Å². The summed E-state index contributed by atoms with van der Waals surface area (Å²) >= 11 is 0. The first-order chi connectivity index (χ1) is 35.2. The van der Waals surface area contributed by atoms with Crippen molar-refractivity contribution < 1.29 is 52.2 Å². The average Bonchev–Trinajstić information content (AvgIpc) is 3.37. The number of aliphatic hydroxyl groups is 1. The molecule has 0 aliphatic heterocycles. The first kappa shape index (κ1) is 68.9. The van der Waals surface area contributed by atoms with Crippen molar-refractivity contribution in [3.8, 4) is 0 Å². The van der Waals surface area contributed by atoms with E-state index in [2.05, 4.69) is 75.5 Å². The third-order valence-electron chi connectivity index (χ3n) is 12.1. The van der Waals surface area contributed by atoms with Crippen molar-refractivity contribution in [3.63, 3.8) is 0 Å². The second-order valence-corrected chi connectivity index (χ2v) is 20.5. The maximum Gasteiger partial charge on any atom is 0.472 e. The molecular weight excluding hydrogens is 928 g/mol. The molecule has 0 aromatic rings. The van der Waals surface area contributed by atoms with Gasteiger partial charge in [-0.2, -0.15) is 0 Å². The van der Waals surface area contributed by atoms with E-state index in [9.17, 15) is 28.9 Å². The van der Waals surface area contributed by atoms with Gasteiger partial charge in [0.05, 0.1) is 26.2 Å². The Hall–Kier alpha value is -3.08. The van der Waals surface area contributed by atoms with E-state index in [0.717, 1.165) is 64.2 Å². The number of carbonyl (C=O) groups excluding carboxylic acids is 3. The zero-order valence-corrected chi connectivity index (χ0v) is 46.8. The number of rotatable bonds is 53. The number of allylic oxidation sites excluding steroid dienone is 11. The smallest absolute Gasteiger partial charge is 0.461 e. The first-order valence-corrected chi connectivity index (χ1v) is 30.3. The van der Waals surface area contributed by atoms with Crippen molar-refractivity contribution in [2.45, 2.75) is 264 Å². The van der Waals surface area contributed by atoms with E-state index in [0.29, 0.717) is 19.3 Å². The lowest BCUT2D eigenvalue weighted by Crippen LogP contribution is -2.30. The number of aliphatic hydroxyl groups excluding tert-OH is 1. The molecule has 0 bridgehead atoms. The van der Waals surface area contributed by atoms with E-state index >= 15 is 0 Å². The summed E-state index contributed by atoms with van der Waals surface area (Å²) < 4.78 is 39.4. The van der Waals surface area contributed by atoms with Crippen LogP contribution in [-0.2, 0) is 42.2 Å². The number of ether oxygens (including phenoxy) is 3. The van der Waals surface area contributed by atoms with Crippen molar-refractivity contribution in [2.24, 2.45) is 0 Å². The van der Waals surface area contributed by atoms with E-state index in [-0.39, 0.29) is 25.9 Å². The molecule has 2 N–H and O–H groups in total. The van der Waals surface area contributed by atoms with Crippen LogP contribution in [0.2, 0.25) is 0 Å². The fourth-order valence-corrected chi connectivity index (χ4v) is 8.56. The number of phosphoric ester groups is 1. The summed E-state index contributed by atoms with van der Waals surface area (Å²) in [6.45, 7) is 4.42. The highest BCUT2D eigenvalue weighted by molar-refractivity contribution is 7.47. The molecular formula is C60H105O11P. The van der Waals surface area contributed by atoms with Crippen LogP contribution in [0.4, 0.5) is 0 Å². The highest BCUT2D eigenvalue weighted by Gasteiger charge is 2.28. The second kappa shape index (κ2) is 54.2. The predicted octanol–water partition coefficient (Wildman–Crippen LogP) is 16.9. The van der Waals surface area contributed by atoms with Gasteiger partial charge in [0.15, 0.2) is 6.10 Å². The molecule has 0 aliphatic carbocycles. The molecule has 0 heterocycles. The molecule has 0 aromatic carbocycles. The van der Waals surface area contributed by atoms with Crippen molar-refractivity contribution in [1.82, 2.24) is 0 Å². The van der Waals surface area contributed by atoms with Gasteiger partial charge in [0.2, 0.25) is 0 Å². The maximum absolute atomic E-state index is 12.9. The van der Waals surface area contributed by atoms with E-state index in [4.69, 9.17) is 23.3 Å². The Balaban J connectivity index is 4.81. The van der Waals surface area contributed by atoms with Gasteiger partial charge in [-0.25, -0.2) is 4.57 Å². The minimum atomic E-state index is -4.76. The maximum atomic E-state index is 12.9. The number of phosphoric acid groups is 1. The monoisotopic (exact) mass is 1030 g/mol. The molecule has 0 amide bonds. The number of hydrogen-bond acceptors (Lipinski definition) is 10. The Labute approximate surface area is 439 Å². The first-order valence-electron chi connectivity index (χ1n) is 28.8. The van der Waals surface area contributed by atoms with E-state index in [1.807, 2.05) is 12.2 Å². The standard InChI is InChI=1S/C60H105O11P/c1-4-7-10-13-16-19-22-24-26-27-28-29-31-33-36-39-42-45-48-51-60(64)71-57(53-67-58(62)49-46-43-40-37-35-32-30-25-23-20-17-14-11-8-5-2)55-69-72(65,66)68-54-56(52-61)70-59(63)50-47-44-41-38-34-21-18-15-12-9-6-3/h8,11,17,20,24-26,30,35,37,43,46,56-57,61H,4-7,9-10,12-16,18-19,21-23,27-29,31-34,36,38-42,44-45,47-55H2,1-3H3,(H,65,66)/b11-8-,20-17-,26-24-,30-25-,37-35-,46-43-. The number of hydrogen-bond donors (Lipinski definition) is 2. The highest BCUT2D eigenvalue weighted by atomic mass is 31.2.